The van der Waals surface area contributed by atoms with E-state index in [1.807, 2.05) is 85.8 Å². The fourth-order valence-electron chi connectivity index (χ4n) is 2.26. The lowest BCUT2D eigenvalue weighted by Crippen LogP contribution is -2.06. The second-order valence-electron chi connectivity index (χ2n) is 6.23. The Balaban J connectivity index is 0.000000245. The maximum atomic E-state index is 8.82. The van der Waals surface area contributed by atoms with E-state index in [-0.39, 0.29) is 0 Å². The van der Waals surface area contributed by atoms with Gasteiger partial charge in [-0.25, -0.2) is 0 Å². The average molecular weight is 417 g/mol. The number of rotatable bonds is 8. The van der Waals surface area contributed by atoms with Gasteiger partial charge in [0.25, 0.3) is 0 Å². The molecule has 3 heteroatoms. The minimum atomic E-state index is 0.292. The molecule has 162 valence electrons. The molecule has 0 aliphatic heterocycles. The van der Waals surface area contributed by atoms with E-state index in [0.717, 1.165) is 23.5 Å². The van der Waals surface area contributed by atoms with Crippen LogP contribution in [-0.2, 0) is 4.74 Å². The highest BCUT2D eigenvalue weighted by molar-refractivity contribution is 5.48. The van der Waals surface area contributed by atoms with Gasteiger partial charge in [0.05, 0.1) is 6.61 Å². The molecular weight excluding hydrogens is 384 g/mol. The highest BCUT2D eigenvalue weighted by Crippen LogP contribution is 2.12. The molecule has 0 atom stereocenters. The smallest absolute Gasteiger partial charge is 0.119 e. The summed E-state index contributed by atoms with van der Waals surface area (Å²) in [6.45, 7) is 14.8. The zero-order valence-electron chi connectivity index (χ0n) is 18.2. The van der Waals surface area contributed by atoms with E-state index in [0.29, 0.717) is 19.0 Å². The van der Waals surface area contributed by atoms with Crippen LogP contribution in [0.15, 0.2) is 98.6 Å². The van der Waals surface area contributed by atoms with Gasteiger partial charge in [0.15, 0.2) is 0 Å². The van der Waals surface area contributed by atoms with E-state index in [4.69, 9.17) is 14.6 Å². The summed E-state index contributed by atoms with van der Waals surface area (Å²) >= 11 is 0. The number of hydrogen-bond acceptors (Lipinski definition) is 3. The first-order valence-electron chi connectivity index (χ1n) is 10.1. The zero-order valence-corrected chi connectivity index (χ0v) is 18.2. The third-order valence-electron chi connectivity index (χ3n) is 3.98. The largest absolute Gasteiger partial charge is 0.508 e. The first-order valence-corrected chi connectivity index (χ1v) is 10.1. The molecule has 31 heavy (non-hydrogen) atoms. The van der Waals surface area contributed by atoms with E-state index in [2.05, 4.69) is 19.7 Å². The number of phenolic OH excluding ortho intramolecular Hbond substituents is 1. The molecule has 0 aromatic heterocycles. The van der Waals surface area contributed by atoms with Crippen LogP contribution in [0.4, 0.5) is 0 Å². The summed E-state index contributed by atoms with van der Waals surface area (Å²) in [6.07, 6.45) is 5.38. The van der Waals surface area contributed by atoms with Gasteiger partial charge in [0.2, 0.25) is 0 Å². The maximum absolute atomic E-state index is 8.82. The molecule has 1 N–H and O–H groups in total. The number of hydrogen-bond donors (Lipinski definition) is 1. The topological polar surface area (TPSA) is 38.7 Å². The van der Waals surface area contributed by atoms with Crippen molar-refractivity contribution in [1.29, 1.82) is 0 Å². The number of phenols is 1. The van der Waals surface area contributed by atoms with Crippen LogP contribution in [-0.4, -0.2) is 24.9 Å². The quantitative estimate of drug-likeness (QED) is 0.398. The molecule has 0 saturated heterocycles. The first-order chi connectivity index (χ1) is 15.1. The Labute approximate surface area is 186 Å². The second-order valence-corrected chi connectivity index (χ2v) is 6.23. The molecule has 0 fully saturated rings. The van der Waals surface area contributed by atoms with E-state index in [1.54, 1.807) is 18.2 Å². The van der Waals surface area contributed by atoms with Gasteiger partial charge in [-0.1, -0.05) is 92.6 Å². The Morgan fingerprint density at radius 2 is 1.16 bits per heavy atom. The van der Waals surface area contributed by atoms with Gasteiger partial charge < -0.3 is 14.6 Å². The molecule has 3 nitrogen and oxygen atoms in total. The SMILES string of the molecule is C=Cc1ccc(O)cc1.C=Cc1ccc(OCCOCC)cc1.C=Cc1ccccc1. The number of benzene rings is 3. The van der Waals surface area contributed by atoms with Gasteiger partial charge in [-0.3, -0.25) is 0 Å². The first kappa shape index (κ1) is 25.5. The van der Waals surface area contributed by atoms with Crippen LogP contribution in [0, 0.1) is 0 Å². The van der Waals surface area contributed by atoms with Crippen molar-refractivity contribution in [2.75, 3.05) is 19.8 Å². The Hall–Kier alpha value is -3.56. The fraction of sp³-hybridized carbons (Fsp3) is 0.143. The molecule has 0 saturated carbocycles. The molecule has 0 unspecified atom stereocenters. The van der Waals surface area contributed by atoms with Gasteiger partial charge >= 0.3 is 0 Å². The lowest BCUT2D eigenvalue weighted by molar-refractivity contribution is 0.110. The third-order valence-corrected chi connectivity index (χ3v) is 3.98. The van der Waals surface area contributed by atoms with Crippen molar-refractivity contribution in [1.82, 2.24) is 0 Å². The summed E-state index contributed by atoms with van der Waals surface area (Å²) in [4.78, 5) is 0. The van der Waals surface area contributed by atoms with Crippen molar-refractivity contribution in [2.24, 2.45) is 0 Å². The van der Waals surface area contributed by atoms with Crippen LogP contribution in [0.3, 0.4) is 0 Å². The van der Waals surface area contributed by atoms with E-state index >= 15 is 0 Å². The summed E-state index contributed by atoms with van der Waals surface area (Å²) in [5, 5.41) is 8.82. The van der Waals surface area contributed by atoms with Crippen molar-refractivity contribution in [3.8, 4) is 11.5 Å². The van der Waals surface area contributed by atoms with Crippen LogP contribution < -0.4 is 4.74 Å². The minimum absolute atomic E-state index is 0.292. The monoisotopic (exact) mass is 416 g/mol. The highest BCUT2D eigenvalue weighted by Gasteiger charge is 1.92. The average Bonchev–Trinajstić information content (AvgIpc) is 2.84. The van der Waals surface area contributed by atoms with Crippen molar-refractivity contribution < 1.29 is 14.6 Å². The summed E-state index contributed by atoms with van der Waals surface area (Å²) in [5.41, 5.74) is 3.29. The Morgan fingerprint density at radius 1 is 0.677 bits per heavy atom. The molecule has 0 bridgehead atoms. The van der Waals surface area contributed by atoms with E-state index < -0.39 is 0 Å². The molecule has 0 aliphatic rings. The van der Waals surface area contributed by atoms with Crippen molar-refractivity contribution in [2.45, 2.75) is 6.92 Å². The predicted octanol–water partition coefficient (Wildman–Crippen LogP) is 7.11. The van der Waals surface area contributed by atoms with Crippen LogP contribution in [0.5, 0.6) is 11.5 Å². The second kappa shape index (κ2) is 16.3. The van der Waals surface area contributed by atoms with Crippen LogP contribution in [0.2, 0.25) is 0 Å². The highest BCUT2D eigenvalue weighted by atomic mass is 16.5. The third kappa shape index (κ3) is 11.9. The molecular formula is C28H32O3. The molecule has 3 rings (SSSR count). The fourth-order valence-corrected chi connectivity index (χ4v) is 2.26. The van der Waals surface area contributed by atoms with Crippen molar-refractivity contribution in [3.63, 3.8) is 0 Å². The molecule has 0 radical (unpaired) electrons. The van der Waals surface area contributed by atoms with E-state index in [1.165, 1.54) is 5.56 Å². The van der Waals surface area contributed by atoms with Crippen LogP contribution in [0.1, 0.15) is 23.6 Å². The molecule has 3 aromatic rings. The Bertz CT molecular complexity index is 866. The molecule has 0 amide bonds. The molecule has 0 spiro atoms. The normalized spacial score (nSPS) is 9.19. The van der Waals surface area contributed by atoms with E-state index in [9.17, 15) is 0 Å². The zero-order chi connectivity index (χ0) is 22.7. The number of aromatic hydroxyl groups is 1. The van der Waals surface area contributed by atoms with Crippen LogP contribution in [0.25, 0.3) is 18.2 Å². The summed E-state index contributed by atoms with van der Waals surface area (Å²) in [6, 6.07) is 24.7. The van der Waals surface area contributed by atoms with Gasteiger partial charge in [-0.2, -0.15) is 0 Å². The summed E-state index contributed by atoms with van der Waals surface area (Å²) in [5.74, 6) is 1.16. The van der Waals surface area contributed by atoms with Crippen LogP contribution >= 0.6 is 0 Å². The Morgan fingerprint density at radius 3 is 1.61 bits per heavy atom. The van der Waals surface area contributed by atoms with Gasteiger partial charge in [0, 0.05) is 6.61 Å². The minimum Gasteiger partial charge on any atom is -0.508 e. The molecule has 3 aromatic carbocycles. The number of ether oxygens (including phenoxy) is 2. The van der Waals surface area contributed by atoms with Crippen molar-refractivity contribution >= 4 is 18.2 Å². The maximum Gasteiger partial charge on any atom is 0.119 e. The standard InChI is InChI=1S/C12H16O2.C8H8O.C8H8/c1-3-11-5-7-12(8-6-11)14-10-9-13-4-2;1-2-7-3-5-8(9)6-4-7;1-2-8-6-4-3-5-7-8/h3,5-8H,1,4,9-10H2,2H3;2-6,9H,1H2;2-7H,1H2. The summed E-state index contributed by atoms with van der Waals surface area (Å²) < 4.78 is 10.6. The Kier molecular flexibility index (Phi) is 13.4. The molecule has 0 aliphatic carbocycles. The lowest BCUT2D eigenvalue weighted by atomic mass is 10.2. The molecule has 0 heterocycles. The predicted molar refractivity (Wildman–Crippen MR) is 133 cm³/mol. The van der Waals surface area contributed by atoms with Crippen molar-refractivity contribution in [3.05, 3.63) is 115 Å². The van der Waals surface area contributed by atoms with Gasteiger partial charge in [-0.15, -0.1) is 0 Å². The summed E-state index contributed by atoms with van der Waals surface area (Å²) in [7, 11) is 0. The van der Waals surface area contributed by atoms with Gasteiger partial charge in [0.1, 0.15) is 18.1 Å². The van der Waals surface area contributed by atoms with Gasteiger partial charge in [-0.05, 0) is 47.9 Å². The lowest BCUT2D eigenvalue weighted by Gasteiger charge is -2.05.